The van der Waals surface area contributed by atoms with Gasteiger partial charge in [0.15, 0.2) is 0 Å². The van der Waals surface area contributed by atoms with Gasteiger partial charge < -0.3 is 21.3 Å². The second kappa shape index (κ2) is 14.9. The summed E-state index contributed by atoms with van der Waals surface area (Å²) in [7, 11) is -3.71. The molecule has 0 N–H and O–H groups in total. The van der Waals surface area contributed by atoms with Crippen LogP contribution >= 0.6 is 16.3 Å². The SMILES string of the molecule is CC(C)(C)c1cc(-c2cc(C(C)(C)C)cc(C(C)(C)C)c2-p2oc3ccccc3c3ccccc3o2)c(Op2oc3ccccc3c3ccccc3o2)c(C(C)(C)C)c1. The Kier molecular flexibility index (Phi) is 10.3. The number of hydrogen-bond donors (Lipinski definition) is 0. The van der Waals surface area contributed by atoms with Gasteiger partial charge in [-0.2, -0.15) is 0 Å². The molecule has 0 aliphatic rings. The lowest BCUT2D eigenvalue weighted by Crippen LogP contribution is -2.19. The summed E-state index contributed by atoms with van der Waals surface area (Å²) in [6.07, 6.45) is 0. The van der Waals surface area contributed by atoms with E-state index in [-0.39, 0.29) is 21.7 Å². The molecular formula is C52H56O5P2. The lowest BCUT2D eigenvalue weighted by Gasteiger charge is -2.31. The van der Waals surface area contributed by atoms with Crippen LogP contribution < -0.4 is 4.52 Å². The monoisotopic (exact) mass is 822 g/mol. The minimum Gasteiger partial charge on any atom is -0.416 e. The molecule has 304 valence electrons. The molecule has 2 aromatic heterocycles. The highest BCUT2D eigenvalue weighted by atomic mass is 31.1. The summed E-state index contributed by atoms with van der Waals surface area (Å²) >= 11 is 0. The van der Waals surface area contributed by atoms with Crippen molar-refractivity contribution in [1.29, 1.82) is 0 Å². The smallest absolute Gasteiger partial charge is 0.416 e. The van der Waals surface area contributed by atoms with Crippen LogP contribution in [0.25, 0.3) is 60.3 Å². The molecule has 0 aliphatic carbocycles. The van der Waals surface area contributed by atoms with Gasteiger partial charge in [0, 0.05) is 38.2 Å². The van der Waals surface area contributed by atoms with Crippen LogP contribution in [0.4, 0.5) is 0 Å². The molecule has 0 amide bonds. The topological polar surface area (TPSA) is 61.8 Å². The molecule has 0 fully saturated rings. The summed E-state index contributed by atoms with van der Waals surface area (Å²) < 4.78 is 35.2. The number of para-hydroxylation sites is 4. The zero-order valence-corrected chi connectivity index (χ0v) is 38.3. The van der Waals surface area contributed by atoms with E-state index in [4.69, 9.17) is 21.3 Å². The van der Waals surface area contributed by atoms with Gasteiger partial charge in [-0.25, -0.2) is 0 Å². The van der Waals surface area contributed by atoms with Crippen molar-refractivity contribution >= 4 is 60.1 Å². The summed E-state index contributed by atoms with van der Waals surface area (Å²) in [5, 5.41) is 4.99. The van der Waals surface area contributed by atoms with Crippen molar-refractivity contribution in [1.82, 2.24) is 0 Å². The number of hydrogen-bond acceptors (Lipinski definition) is 5. The van der Waals surface area contributed by atoms with Crippen LogP contribution in [0.15, 0.2) is 138 Å². The molecule has 0 atom stereocenters. The van der Waals surface area contributed by atoms with Crippen molar-refractivity contribution in [2.75, 3.05) is 0 Å². The molecule has 8 rings (SSSR count). The predicted molar refractivity (Wildman–Crippen MR) is 250 cm³/mol. The molecule has 0 spiro atoms. The Morgan fingerprint density at radius 2 is 0.746 bits per heavy atom. The highest BCUT2D eigenvalue weighted by molar-refractivity contribution is 7.46. The van der Waals surface area contributed by atoms with Gasteiger partial charge in [0.05, 0.1) is 5.30 Å². The lowest BCUT2D eigenvalue weighted by molar-refractivity contribution is 0.477. The third-order valence-electron chi connectivity index (χ3n) is 11.0. The van der Waals surface area contributed by atoms with Crippen molar-refractivity contribution in [3.05, 3.63) is 144 Å². The fourth-order valence-corrected chi connectivity index (χ4v) is 10.6. The van der Waals surface area contributed by atoms with Gasteiger partial charge in [-0.15, -0.1) is 0 Å². The van der Waals surface area contributed by atoms with E-state index in [0.717, 1.165) is 71.6 Å². The van der Waals surface area contributed by atoms with Crippen molar-refractivity contribution < 1.29 is 21.3 Å². The standard InChI is InChI=1S/C52H56O5P2/c1-49(2,3)33-29-39(47(41(31-33)51(7,8)9)57-59-55-45-27-19-15-23-37(45)38-24-16-20-28-46(38)56-59)40-30-34(50(4,5)6)32-42(52(10,11)12)48(40)58-53-43-25-17-13-21-35(43)36-22-14-18-26-44(36)54-58/h13-32H,1-12H3. The van der Waals surface area contributed by atoms with E-state index in [1.54, 1.807) is 0 Å². The summed E-state index contributed by atoms with van der Waals surface area (Å²) in [5.41, 5.74) is 8.69. The predicted octanol–water partition coefficient (Wildman–Crippen LogP) is 17.6. The van der Waals surface area contributed by atoms with Gasteiger partial charge in [-0.3, -0.25) is 0 Å². The van der Waals surface area contributed by atoms with Crippen molar-refractivity contribution in [2.45, 2.75) is 105 Å². The summed E-state index contributed by atoms with van der Waals surface area (Å²) in [6, 6.07) is 42.1. The van der Waals surface area contributed by atoms with Gasteiger partial charge in [0.1, 0.15) is 28.1 Å². The van der Waals surface area contributed by atoms with Crippen LogP contribution in [0.5, 0.6) is 5.75 Å². The van der Waals surface area contributed by atoms with Crippen LogP contribution in [-0.4, -0.2) is 0 Å². The van der Waals surface area contributed by atoms with Crippen LogP contribution in [0.1, 0.15) is 105 Å². The van der Waals surface area contributed by atoms with E-state index in [1.807, 2.05) is 48.5 Å². The van der Waals surface area contributed by atoms with Crippen LogP contribution in [0.3, 0.4) is 0 Å². The zero-order chi connectivity index (χ0) is 42.1. The first-order chi connectivity index (χ1) is 27.8. The van der Waals surface area contributed by atoms with Crippen LogP contribution in [0.2, 0.25) is 0 Å². The Morgan fingerprint density at radius 1 is 0.390 bits per heavy atom. The maximum atomic E-state index is 7.34. The van der Waals surface area contributed by atoms with E-state index >= 15 is 0 Å². The molecule has 0 saturated heterocycles. The molecule has 5 nitrogen and oxygen atoms in total. The molecule has 0 radical (unpaired) electrons. The Hall–Kier alpha value is -5.08. The van der Waals surface area contributed by atoms with Gasteiger partial charge in [-0.05, 0) is 74.7 Å². The molecule has 0 aliphatic heterocycles. The molecule has 0 saturated carbocycles. The van der Waals surface area contributed by atoms with Gasteiger partial charge in [-0.1, -0.05) is 168 Å². The average molecular weight is 823 g/mol. The molecule has 6 aromatic carbocycles. The van der Waals surface area contributed by atoms with E-state index in [9.17, 15) is 0 Å². The van der Waals surface area contributed by atoms with E-state index in [1.165, 1.54) is 16.7 Å². The number of benzene rings is 6. The summed E-state index contributed by atoms with van der Waals surface area (Å²) in [5.74, 6) is 0.728. The molecule has 0 unspecified atom stereocenters. The number of rotatable bonds is 4. The largest absolute Gasteiger partial charge is 0.453 e. The average Bonchev–Trinajstić information content (AvgIpc) is 3.43. The first kappa shape index (κ1) is 40.7. The fourth-order valence-electron chi connectivity index (χ4n) is 7.61. The molecule has 8 aromatic rings. The Morgan fingerprint density at radius 3 is 1.14 bits per heavy atom. The van der Waals surface area contributed by atoms with Crippen molar-refractivity contribution in [3.63, 3.8) is 0 Å². The molecular weight excluding hydrogens is 767 g/mol. The highest BCUT2D eigenvalue weighted by Crippen LogP contribution is 2.56. The van der Waals surface area contributed by atoms with Crippen molar-refractivity contribution in [2.24, 2.45) is 0 Å². The third-order valence-corrected chi connectivity index (χ3v) is 13.6. The fraction of sp³-hybridized carbons (Fsp3) is 0.308. The first-order valence-corrected chi connectivity index (χ1v) is 22.8. The first-order valence-electron chi connectivity index (χ1n) is 20.5. The minimum atomic E-state index is -1.97. The Balaban J connectivity index is 1.56. The van der Waals surface area contributed by atoms with Crippen LogP contribution in [-0.2, 0) is 21.7 Å². The molecule has 0 bridgehead atoms. The number of fused-ring (bicyclic) bond motifs is 6. The summed E-state index contributed by atoms with van der Waals surface area (Å²) in [4.78, 5) is 0. The van der Waals surface area contributed by atoms with Gasteiger partial charge in [0.25, 0.3) is 8.01 Å². The maximum absolute atomic E-state index is 7.34. The van der Waals surface area contributed by atoms with E-state index < -0.39 is 16.3 Å². The third kappa shape index (κ3) is 8.01. The second-order valence-electron chi connectivity index (χ2n) is 19.7. The quantitative estimate of drug-likeness (QED) is 0.177. The normalized spacial score (nSPS) is 12.7. The Bertz CT molecular complexity index is 2840. The van der Waals surface area contributed by atoms with Gasteiger partial charge in [0.2, 0.25) is 0 Å². The van der Waals surface area contributed by atoms with Gasteiger partial charge >= 0.3 is 8.24 Å². The zero-order valence-electron chi connectivity index (χ0n) is 36.5. The molecule has 59 heavy (non-hydrogen) atoms. The molecule has 2 heterocycles. The lowest BCUT2D eigenvalue weighted by atomic mass is 9.76. The maximum Gasteiger partial charge on any atom is 0.453 e. The van der Waals surface area contributed by atoms with Crippen LogP contribution in [0, 0.1) is 0 Å². The van der Waals surface area contributed by atoms with E-state index in [0.29, 0.717) is 0 Å². The van der Waals surface area contributed by atoms with Crippen molar-refractivity contribution in [3.8, 4) is 22.2 Å². The van der Waals surface area contributed by atoms with E-state index in [2.05, 4.69) is 156 Å². The second-order valence-corrected chi connectivity index (χ2v) is 22.1. The molecule has 7 heteroatoms. The Labute approximate surface area is 350 Å². The summed E-state index contributed by atoms with van der Waals surface area (Å²) in [6.45, 7) is 27.3. The highest BCUT2D eigenvalue weighted by Gasteiger charge is 2.34. The minimum absolute atomic E-state index is 0.175.